The Labute approximate surface area is 98.8 Å². The molecular formula is C11H16BrNO2. The van der Waals surface area contributed by atoms with Gasteiger partial charge in [0.1, 0.15) is 5.75 Å². The molecular weight excluding hydrogens is 258 g/mol. The van der Waals surface area contributed by atoms with Gasteiger partial charge >= 0.3 is 0 Å². The lowest BCUT2D eigenvalue weighted by Gasteiger charge is -2.21. The van der Waals surface area contributed by atoms with Crippen molar-refractivity contribution < 1.29 is 9.84 Å². The minimum absolute atomic E-state index is 0.350. The van der Waals surface area contributed by atoms with Gasteiger partial charge in [-0.15, -0.1) is 0 Å². The van der Waals surface area contributed by atoms with Crippen molar-refractivity contribution in [2.24, 2.45) is 0 Å². The highest BCUT2D eigenvalue weighted by atomic mass is 79.9. The Kier molecular flexibility index (Phi) is 4.91. The zero-order chi connectivity index (χ0) is 11.3. The Morgan fingerprint density at radius 3 is 2.47 bits per heavy atom. The molecule has 1 N–H and O–H groups in total. The van der Waals surface area contributed by atoms with Crippen LogP contribution < -0.4 is 9.64 Å². The van der Waals surface area contributed by atoms with Crippen LogP contribution in [0.1, 0.15) is 0 Å². The lowest BCUT2D eigenvalue weighted by atomic mass is 10.2. The highest BCUT2D eigenvalue weighted by Gasteiger charge is 2.07. The quantitative estimate of drug-likeness (QED) is 0.832. The lowest BCUT2D eigenvalue weighted by molar-refractivity contribution is 0.207. The number of methoxy groups -OCH3 is 1. The third-order valence-electron chi connectivity index (χ3n) is 2.18. The zero-order valence-electron chi connectivity index (χ0n) is 8.98. The maximum absolute atomic E-state index is 9.48. The molecule has 1 atom stereocenters. The minimum atomic E-state index is -0.350. The first kappa shape index (κ1) is 12.3. The molecule has 0 bridgehead atoms. The third kappa shape index (κ3) is 3.72. The molecule has 0 heterocycles. The van der Waals surface area contributed by atoms with Gasteiger partial charge in [0, 0.05) is 24.6 Å². The molecule has 0 aliphatic heterocycles. The lowest BCUT2D eigenvalue weighted by Crippen LogP contribution is -2.29. The Morgan fingerprint density at radius 1 is 1.40 bits per heavy atom. The van der Waals surface area contributed by atoms with Crippen LogP contribution in [-0.2, 0) is 0 Å². The molecule has 0 saturated carbocycles. The van der Waals surface area contributed by atoms with Crippen LogP contribution in [0.2, 0.25) is 0 Å². The fourth-order valence-electron chi connectivity index (χ4n) is 1.31. The molecule has 0 amide bonds. The predicted molar refractivity (Wildman–Crippen MR) is 66.1 cm³/mol. The number of hydrogen-bond donors (Lipinski definition) is 1. The van der Waals surface area contributed by atoms with E-state index in [1.807, 2.05) is 36.2 Å². The summed E-state index contributed by atoms with van der Waals surface area (Å²) in [6.07, 6.45) is -0.350. The van der Waals surface area contributed by atoms with E-state index in [9.17, 15) is 5.11 Å². The van der Waals surface area contributed by atoms with Gasteiger partial charge in [-0.1, -0.05) is 15.9 Å². The summed E-state index contributed by atoms with van der Waals surface area (Å²) < 4.78 is 5.08. The number of anilines is 1. The first-order valence-corrected chi connectivity index (χ1v) is 5.88. The fraction of sp³-hybridized carbons (Fsp3) is 0.455. The molecule has 3 nitrogen and oxygen atoms in total. The van der Waals surface area contributed by atoms with Gasteiger partial charge in [0.05, 0.1) is 13.2 Å². The molecule has 0 saturated heterocycles. The molecule has 0 spiro atoms. The van der Waals surface area contributed by atoms with Crippen LogP contribution in [0.25, 0.3) is 0 Å². The van der Waals surface area contributed by atoms with Gasteiger partial charge in [-0.2, -0.15) is 0 Å². The van der Waals surface area contributed by atoms with Crippen molar-refractivity contribution in [3.8, 4) is 5.75 Å². The predicted octanol–water partition coefficient (Wildman–Crippen LogP) is 1.89. The van der Waals surface area contributed by atoms with Crippen molar-refractivity contribution in [3.63, 3.8) is 0 Å². The third-order valence-corrected chi connectivity index (χ3v) is 2.92. The van der Waals surface area contributed by atoms with Crippen molar-refractivity contribution >= 4 is 21.6 Å². The standard InChI is InChI=1S/C11H16BrNO2/c1-13(8-10(14)7-12)9-3-5-11(15-2)6-4-9/h3-6,10,14H,7-8H2,1-2H3. The number of nitrogens with zero attached hydrogens (tertiary/aromatic N) is 1. The number of alkyl halides is 1. The minimum Gasteiger partial charge on any atom is -0.497 e. The van der Waals surface area contributed by atoms with Crippen molar-refractivity contribution in [2.75, 3.05) is 30.9 Å². The Morgan fingerprint density at radius 2 is 2.00 bits per heavy atom. The SMILES string of the molecule is COc1ccc(N(C)CC(O)CBr)cc1. The summed E-state index contributed by atoms with van der Waals surface area (Å²) in [4.78, 5) is 2.01. The number of halogens is 1. The topological polar surface area (TPSA) is 32.7 Å². The molecule has 0 fully saturated rings. The second-order valence-electron chi connectivity index (χ2n) is 3.39. The van der Waals surface area contributed by atoms with Crippen LogP contribution in [-0.4, -0.2) is 37.2 Å². The van der Waals surface area contributed by atoms with E-state index in [1.54, 1.807) is 7.11 Å². The van der Waals surface area contributed by atoms with Crippen molar-refractivity contribution in [3.05, 3.63) is 24.3 Å². The Hall–Kier alpha value is -0.740. The van der Waals surface area contributed by atoms with Gasteiger partial charge < -0.3 is 14.7 Å². The zero-order valence-corrected chi connectivity index (χ0v) is 10.6. The van der Waals surface area contributed by atoms with E-state index in [2.05, 4.69) is 15.9 Å². The van der Waals surface area contributed by atoms with E-state index >= 15 is 0 Å². The molecule has 1 unspecified atom stereocenters. The van der Waals surface area contributed by atoms with Gasteiger partial charge in [0.15, 0.2) is 0 Å². The fourth-order valence-corrected chi connectivity index (χ4v) is 1.51. The highest BCUT2D eigenvalue weighted by Crippen LogP contribution is 2.18. The molecule has 1 aromatic carbocycles. The summed E-state index contributed by atoms with van der Waals surface area (Å²) >= 11 is 3.24. The van der Waals surface area contributed by atoms with Crippen LogP contribution in [0.3, 0.4) is 0 Å². The van der Waals surface area contributed by atoms with Crippen LogP contribution in [0.15, 0.2) is 24.3 Å². The van der Waals surface area contributed by atoms with E-state index in [-0.39, 0.29) is 6.10 Å². The summed E-state index contributed by atoms with van der Waals surface area (Å²) in [6.45, 7) is 0.609. The van der Waals surface area contributed by atoms with Gasteiger partial charge in [-0.3, -0.25) is 0 Å². The number of benzene rings is 1. The molecule has 15 heavy (non-hydrogen) atoms. The van der Waals surface area contributed by atoms with Crippen molar-refractivity contribution in [1.29, 1.82) is 0 Å². The summed E-state index contributed by atoms with van der Waals surface area (Å²) in [7, 11) is 3.60. The molecule has 84 valence electrons. The first-order chi connectivity index (χ1) is 7.17. The smallest absolute Gasteiger partial charge is 0.119 e. The largest absolute Gasteiger partial charge is 0.497 e. The van der Waals surface area contributed by atoms with Crippen LogP contribution >= 0.6 is 15.9 Å². The van der Waals surface area contributed by atoms with Crippen molar-refractivity contribution in [2.45, 2.75) is 6.10 Å². The normalized spacial score (nSPS) is 12.3. The van der Waals surface area contributed by atoms with Gasteiger partial charge in [-0.25, -0.2) is 0 Å². The monoisotopic (exact) mass is 273 g/mol. The second-order valence-corrected chi connectivity index (χ2v) is 4.03. The number of aliphatic hydroxyl groups is 1. The van der Waals surface area contributed by atoms with E-state index in [0.717, 1.165) is 11.4 Å². The Balaban J connectivity index is 2.61. The van der Waals surface area contributed by atoms with Gasteiger partial charge in [0.2, 0.25) is 0 Å². The average Bonchev–Trinajstić information content (AvgIpc) is 2.29. The number of rotatable bonds is 5. The first-order valence-electron chi connectivity index (χ1n) is 4.76. The van der Waals surface area contributed by atoms with Gasteiger partial charge in [0.25, 0.3) is 0 Å². The number of likely N-dealkylation sites (N-methyl/N-ethyl adjacent to an activating group) is 1. The van der Waals surface area contributed by atoms with Crippen molar-refractivity contribution in [1.82, 2.24) is 0 Å². The molecule has 1 rings (SSSR count). The Bertz CT molecular complexity index is 289. The highest BCUT2D eigenvalue weighted by molar-refractivity contribution is 9.09. The molecule has 1 aromatic rings. The maximum atomic E-state index is 9.48. The van der Waals surface area contributed by atoms with E-state index in [4.69, 9.17) is 4.74 Å². The van der Waals surface area contributed by atoms with Crippen LogP contribution in [0, 0.1) is 0 Å². The number of aliphatic hydroxyl groups excluding tert-OH is 1. The van der Waals surface area contributed by atoms with E-state index < -0.39 is 0 Å². The average molecular weight is 274 g/mol. The summed E-state index contributed by atoms with van der Waals surface area (Å²) in [5, 5.41) is 10.1. The molecule has 4 heteroatoms. The summed E-state index contributed by atoms with van der Waals surface area (Å²) in [6, 6.07) is 7.76. The van der Waals surface area contributed by atoms with E-state index in [0.29, 0.717) is 11.9 Å². The molecule has 0 aromatic heterocycles. The molecule has 0 aliphatic rings. The van der Waals surface area contributed by atoms with Crippen LogP contribution in [0.5, 0.6) is 5.75 Å². The number of hydrogen-bond acceptors (Lipinski definition) is 3. The van der Waals surface area contributed by atoms with E-state index in [1.165, 1.54) is 0 Å². The molecule has 0 aliphatic carbocycles. The summed E-state index contributed by atoms with van der Waals surface area (Å²) in [5.41, 5.74) is 1.07. The number of ether oxygens (including phenoxy) is 1. The molecule has 0 radical (unpaired) electrons. The van der Waals surface area contributed by atoms with Gasteiger partial charge in [-0.05, 0) is 24.3 Å². The second kappa shape index (κ2) is 5.98. The maximum Gasteiger partial charge on any atom is 0.119 e. The van der Waals surface area contributed by atoms with Crippen LogP contribution in [0.4, 0.5) is 5.69 Å². The summed E-state index contributed by atoms with van der Waals surface area (Å²) in [5.74, 6) is 0.841.